The lowest BCUT2D eigenvalue weighted by molar-refractivity contribution is 0.122. The van der Waals surface area contributed by atoms with Crippen molar-refractivity contribution in [2.24, 2.45) is 0 Å². The number of rotatable bonds is 4. The molecule has 158 valence electrons. The Morgan fingerprint density at radius 3 is 2.44 bits per heavy atom. The number of fused-ring (bicyclic) bond motifs is 1. The highest BCUT2D eigenvalue weighted by Gasteiger charge is 2.20. The van der Waals surface area contributed by atoms with Gasteiger partial charge in [0.25, 0.3) is 0 Å². The van der Waals surface area contributed by atoms with E-state index in [1.165, 1.54) is 0 Å². The second kappa shape index (κ2) is 7.86. The second-order valence-electron chi connectivity index (χ2n) is 7.46. The normalized spacial score (nSPS) is 14.2. The molecule has 1 aliphatic heterocycles. The first-order valence-electron chi connectivity index (χ1n) is 10.5. The van der Waals surface area contributed by atoms with Gasteiger partial charge in [0, 0.05) is 49.4 Å². The van der Waals surface area contributed by atoms with Crippen LogP contribution in [0.3, 0.4) is 0 Å². The van der Waals surface area contributed by atoms with E-state index in [0.717, 1.165) is 36.0 Å². The minimum Gasteiger partial charge on any atom is -0.378 e. The van der Waals surface area contributed by atoms with Crippen molar-refractivity contribution in [2.75, 3.05) is 31.2 Å². The van der Waals surface area contributed by atoms with Gasteiger partial charge in [-0.2, -0.15) is 14.7 Å². The molecule has 0 saturated carbocycles. The van der Waals surface area contributed by atoms with Gasteiger partial charge in [-0.05, 0) is 12.1 Å². The molecule has 0 spiro atoms. The van der Waals surface area contributed by atoms with Crippen molar-refractivity contribution in [1.29, 1.82) is 0 Å². The molecule has 0 bridgehead atoms. The summed E-state index contributed by atoms with van der Waals surface area (Å²) in [6.45, 7) is 2.91. The molecule has 0 amide bonds. The van der Waals surface area contributed by atoms with Crippen LogP contribution in [0.1, 0.15) is 0 Å². The number of ether oxygens (including phenoxy) is 1. The first kappa shape index (κ1) is 18.6. The molecular formula is C23H20N8O. The lowest BCUT2D eigenvalue weighted by atomic mass is 10.2. The fraction of sp³-hybridized carbons (Fsp3) is 0.174. The molecule has 1 fully saturated rings. The molecule has 1 aromatic carbocycles. The Morgan fingerprint density at radius 2 is 1.62 bits per heavy atom. The van der Waals surface area contributed by atoms with E-state index < -0.39 is 0 Å². The van der Waals surface area contributed by atoms with Gasteiger partial charge in [0.1, 0.15) is 11.5 Å². The van der Waals surface area contributed by atoms with Gasteiger partial charge in [-0.1, -0.05) is 30.3 Å². The number of anilines is 1. The molecule has 1 aliphatic rings. The van der Waals surface area contributed by atoms with E-state index >= 15 is 0 Å². The van der Waals surface area contributed by atoms with Gasteiger partial charge in [-0.15, -0.1) is 0 Å². The first-order valence-corrected chi connectivity index (χ1v) is 10.5. The molecule has 6 rings (SSSR count). The van der Waals surface area contributed by atoms with Crippen molar-refractivity contribution in [3.63, 3.8) is 0 Å². The maximum Gasteiger partial charge on any atom is 0.180 e. The van der Waals surface area contributed by atoms with Crippen LogP contribution in [-0.2, 0) is 4.74 Å². The SMILES string of the molecule is c1ccc(-c2ccn(-c3cc(N4CCOCC4)n4nc(-c5ncccn5)cc4n3)n2)cc1. The molecule has 0 N–H and O–H groups in total. The number of benzene rings is 1. The summed E-state index contributed by atoms with van der Waals surface area (Å²) >= 11 is 0. The predicted octanol–water partition coefficient (Wildman–Crippen LogP) is 2.88. The first-order chi connectivity index (χ1) is 15.8. The smallest absolute Gasteiger partial charge is 0.180 e. The zero-order valence-corrected chi connectivity index (χ0v) is 17.2. The number of morpholine rings is 1. The summed E-state index contributed by atoms with van der Waals surface area (Å²) in [4.78, 5) is 15.8. The highest BCUT2D eigenvalue weighted by molar-refractivity contribution is 5.63. The van der Waals surface area contributed by atoms with Crippen molar-refractivity contribution >= 4 is 11.5 Å². The molecule has 0 atom stereocenters. The summed E-state index contributed by atoms with van der Waals surface area (Å²) < 4.78 is 9.20. The van der Waals surface area contributed by atoms with Crippen LogP contribution in [0.15, 0.2) is 73.2 Å². The van der Waals surface area contributed by atoms with Crippen LogP contribution in [0, 0.1) is 0 Å². The zero-order chi connectivity index (χ0) is 21.3. The fourth-order valence-corrected chi connectivity index (χ4v) is 3.84. The molecule has 4 aromatic heterocycles. The van der Waals surface area contributed by atoms with E-state index in [0.29, 0.717) is 30.4 Å². The number of hydrogen-bond donors (Lipinski definition) is 0. The molecule has 0 radical (unpaired) electrons. The molecule has 1 saturated heterocycles. The number of aromatic nitrogens is 7. The second-order valence-corrected chi connectivity index (χ2v) is 7.46. The Kier molecular flexibility index (Phi) is 4.58. The standard InChI is InChI=1S/C23H20N8O/c1-2-5-17(6-3-1)18-7-10-30(27-18)20-16-22(29-11-13-32-14-12-29)31-21(26-20)15-19(28-31)23-24-8-4-9-25-23/h1-10,15-16H,11-14H2. The van der Waals surface area contributed by atoms with E-state index in [1.807, 2.05) is 59.2 Å². The monoisotopic (exact) mass is 424 g/mol. The highest BCUT2D eigenvalue weighted by atomic mass is 16.5. The molecule has 5 heterocycles. The fourth-order valence-electron chi connectivity index (χ4n) is 3.84. The van der Waals surface area contributed by atoms with Crippen LogP contribution in [0.4, 0.5) is 5.82 Å². The summed E-state index contributed by atoms with van der Waals surface area (Å²) in [6.07, 6.45) is 5.35. The number of nitrogens with zero attached hydrogens (tertiary/aromatic N) is 8. The third kappa shape index (κ3) is 3.38. The molecule has 0 unspecified atom stereocenters. The Hall–Kier alpha value is -4.11. The zero-order valence-electron chi connectivity index (χ0n) is 17.2. The van der Waals surface area contributed by atoms with Gasteiger partial charge in [0.05, 0.1) is 18.9 Å². The molecule has 9 heteroatoms. The minimum absolute atomic E-state index is 0.568. The van der Waals surface area contributed by atoms with Gasteiger partial charge < -0.3 is 9.64 Å². The van der Waals surface area contributed by atoms with E-state index in [4.69, 9.17) is 19.9 Å². The van der Waals surface area contributed by atoms with Crippen LogP contribution in [0.5, 0.6) is 0 Å². The van der Waals surface area contributed by atoms with Crippen LogP contribution in [-0.4, -0.2) is 60.6 Å². The quantitative estimate of drug-likeness (QED) is 0.438. The van der Waals surface area contributed by atoms with Crippen molar-refractivity contribution in [3.8, 4) is 28.6 Å². The molecular weight excluding hydrogens is 404 g/mol. The average Bonchev–Trinajstić information content (AvgIpc) is 3.53. The van der Waals surface area contributed by atoms with Crippen molar-refractivity contribution in [2.45, 2.75) is 0 Å². The maximum atomic E-state index is 5.55. The topological polar surface area (TPSA) is 86.3 Å². The number of hydrogen-bond acceptors (Lipinski definition) is 7. The third-order valence-corrected chi connectivity index (χ3v) is 5.42. The van der Waals surface area contributed by atoms with Crippen LogP contribution in [0.2, 0.25) is 0 Å². The molecule has 0 aliphatic carbocycles. The van der Waals surface area contributed by atoms with Crippen LogP contribution >= 0.6 is 0 Å². The summed E-state index contributed by atoms with van der Waals surface area (Å²) in [5, 5.41) is 9.53. The van der Waals surface area contributed by atoms with Crippen molar-refractivity contribution in [3.05, 3.63) is 73.2 Å². The van der Waals surface area contributed by atoms with Gasteiger partial charge in [0.15, 0.2) is 17.3 Å². The maximum absolute atomic E-state index is 5.55. The van der Waals surface area contributed by atoms with Crippen molar-refractivity contribution < 1.29 is 4.74 Å². The minimum atomic E-state index is 0.568. The van der Waals surface area contributed by atoms with E-state index in [9.17, 15) is 0 Å². The lowest BCUT2D eigenvalue weighted by Gasteiger charge is -2.29. The summed E-state index contributed by atoms with van der Waals surface area (Å²) in [5.74, 6) is 2.23. The van der Waals surface area contributed by atoms with Crippen molar-refractivity contribution in [1.82, 2.24) is 34.3 Å². The van der Waals surface area contributed by atoms with Gasteiger partial charge in [0.2, 0.25) is 0 Å². The Morgan fingerprint density at radius 1 is 0.812 bits per heavy atom. The molecule has 32 heavy (non-hydrogen) atoms. The van der Waals surface area contributed by atoms with E-state index in [-0.39, 0.29) is 0 Å². The third-order valence-electron chi connectivity index (χ3n) is 5.42. The molecule has 5 aromatic rings. The lowest BCUT2D eigenvalue weighted by Crippen LogP contribution is -2.37. The van der Waals surface area contributed by atoms with Gasteiger partial charge in [-0.25, -0.2) is 19.6 Å². The Labute approximate surface area is 184 Å². The van der Waals surface area contributed by atoms with Crippen LogP contribution < -0.4 is 4.90 Å². The largest absolute Gasteiger partial charge is 0.378 e. The Bertz CT molecular complexity index is 1360. The van der Waals surface area contributed by atoms with Gasteiger partial charge >= 0.3 is 0 Å². The average molecular weight is 424 g/mol. The summed E-state index contributed by atoms with van der Waals surface area (Å²) in [6, 6.07) is 17.8. The predicted molar refractivity (Wildman–Crippen MR) is 120 cm³/mol. The summed E-state index contributed by atoms with van der Waals surface area (Å²) in [7, 11) is 0. The molecule has 9 nitrogen and oxygen atoms in total. The highest BCUT2D eigenvalue weighted by Crippen LogP contribution is 2.25. The van der Waals surface area contributed by atoms with Gasteiger partial charge in [-0.3, -0.25) is 0 Å². The van der Waals surface area contributed by atoms with Crippen LogP contribution in [0.25, 0.3) is 34.2 Å². The Balaban J connectivity index is 1.48. The summed E-state index contributed by atoms with van der Waals surface area (Å²) in [5.41, 5.74) is 3.35. The van der Waals surface area contributed by atoms with E-state index in [2.05, 4.69) is 14.9 Å². The van der Waals surface area contributed by atoms with E-state index in [1.54, 1.807) is 23.1 Å².